The summed E-state index contributed by atoms with van der Waals surface area (Å²) in [4.78, 5) is 8.85. The minimum Gasteiger partial charge on any atom is -0.497 e. The van der Waals surface area contributed by atoms with Gasteiger partial charge in [-0.15, -0.1) is 0 Å². The number of aromatic nitrogens is 2. The molecule has 0 aliphatic carbocycles. The van der Waals surface area contributed by atoms with Gasteiger partial charge in [0.2, 0.25) is 5.95 Å². The van der Waals surface area contributed by atoms with Gasteiger partial charge in [-0.05, 0) is 55.7 Å². The van der Waals surface area contributed by atoms with Gasteiger partial charge in [0.05, 0.1) is 7.11 Å². The second-order valence-corrected chi connectivity index (χ2v) is 6.24. The minimum atomic E-state index is 0.586. The smallest absolute Gasteiger partial charge is 0.229 e. The number of anilines is 3. The normalized spacial score (nSPS) is 10.4. The molecular formula is C21H24N4O. The van der Waals surface area contributed by atoms with Crippen LogP contribution in [0.25, 0.3) is 0 Å². The van der Waals surface area contributed by atoms with Gasteiger partial charge in [0.25, 0.3) is 0 Å². The van der Waals surface area contributed by atoms with Gasteiger partial charge in [0.15, 0.2) is 0 Å². The minimum absolute atomic E-state index is 0.586. The molecule has 0 spiro atoms. The van der Waals surface area contributed by atoms with Crippen LogP contribution in [0.5, 0.6) is 5.75 Å². The fourth-order valence-electron chi connectivity index (χ4n) is 2.75. The molecule has 0 radical (unpaired) electrons. The molecule has 5 heteroatoms. The maximum Gasteiger partial charge on any atom is 0.229 e. The molecule has 1 aromatic heterocycles. The summed E-state index contributed by atoms with van der Waals surface area (Å²) in [6, 6.07) is 16.2. The van der Waals surface area contributed by atoms with Crippen LogP contribution in [-0.2, 0) is 6.42 Å². The van der Waals surface area contributed by atoms with Crippen LogP contribution in [0.4, 0.5) is 17.5 Å². The molecule has 0 bridgehead atoms. The Morgan fingerprint density at radius 1 is 1.04 bits per heavy atom. The van der Waals surface area contributed by atoms with E-state index in [2.05, 4.69) is 64.8 Å². The van der Waals surface area contributed by atoms with E-state index in [0.29, 0.717) is 5.95 Å². The third-order valence-electron chi connectivity index (χ3n) is 4.14. The lowest BCUT2D eigenvalue weighted by atomic mass is 10.1. The SMILES string of the molecule is COc1cccc(CCNc2ccnc(Nc3ccc(C)cc3C)n2)c1. The molecule has 3 aromatic rings. The van der Waals surface area contributed by atoms with Crippen molar-refractivity contribution >= 4 is 17.5 Å². The van der Waals surface area contributed by atoms with Crippen molar-refractivity contribution in [2.75, 3.05) is 24.3 Å². The number of hydrogen-bond donors (Lipinski definition) is 2. The van der Waals surface area contributed by atoms with Gasteiger partial charge < -0.3 is 15.4 Å². The van der Waals surface area contributed by atoms with Gasteiger partial charge in [-0.3, -0.25) is 0 Å². The van der Waals surface area contributed by atoms with Gasteiger partial charge >= 0.3 is 0 Å². The Bertz CT molecular complexity index is 879. The maximum absolute atomic E-state index is 5.26. The number of aryl methyl sites for hydroxylation is 2. The Kier molecular flexibility index (Phi) is 5.69. The second-order valence-electron chi connectivity index (χ2n) is 6.24. The highest BCUT2D eigenvalue weighted by molar-refractivity contribution is 5.59. The monoisotopic (exact) mass is 348 g/mol. The van der Waals surface area contributed by atoms with Crippen LogP contribution < -0.4 is 15.4 Å². The summed E-state index contributed by atoms with van der Waals surface area (Å²) in [6.45, 7) is 4.94. The second kappa shape index (κ2) is 8.34. The maximum atomic E-state index is 5.26. The molecule has 3 rings (SSSR count). The van der Waals surface area contributed by atoms with Crippen molar-refractivity contribution < 1.29 is 4.74 Å². The summed E-state index contributed by atoms with van der Waals surface area (Å²) in [5.41, 5.74) is 4.65. The Hall–Kier alpha value is -3.08. The predicted molar refractivity (Wildman–Crippen MR) is 106 cm³/mol. The molecule has 0 saturated carbocycles. The van der Waals surface area contributed by atoms with Crippen molar-refractivity contribution in [3.63, 3.8) is 0 Å². The van der Waals surface area contributed by atoms with E-state index in [4.69, 9.17) is 4.74 Å². The van der Waals surface area contributed by atoms with E-state index in [1.54, 1.807) is 13.3 Å². The van der Waals surface area contributed by atoms with Crippen LogP contribution in [0.15, 0.2) is 54.7 Å². The van der Waals surface area contributed by atoms with Crippen LogP contribution >= 0.6 is 0 Å². The number of benzene rings is 2. The highest BCUT2D eigenvalue weighted by Gasteiger charge is 2.03. The summed E-state index contributed by atoms with van der Waals surface area (Å²) in [5, 5.41) is 6.63. The van der Waals surface area contributed by atoms with Crippen molar-refractivity contribution in [3.8, 4) is 5.75 Å². The lowest BCUT2D eigenvalue weighted by molar-refractivity contribution is 0.414. The quantitative estimate of drug-likeness (QED) is 0.658. The molecule has 26 heavy (non-hydrogen) atoms. The van der Waals surface area contributed by atoms with E-state index in [1.165, 1.54) is 16.7 Å². The first-order valence-corrected chi connectivity index (χ1v) is 8.68. The molecule has 0 saturated heterocycles. The number of methoxy groups -OCH3 is 1. The molecule has 2 aromatic carbocycles. The first kappa shape index (κ1) is 17.7. The van der Waals surface area contributed by atoms with E-state index < -0.39 is 0 Å². The molecule has 0 amide bonds. The molecule has 0 fully saturated rings. The Morgan fingerprint density at radius 2 is 1.92 bits per heavy atom. The average Bonchev–Trinajstić information content (AvgIpc) is 2.65. The van der Waals surface area contributed by atoms with Crippen LogP contribution in [-0.4, -0.2) is 23.6 Å². The number of nitrogens with one attached hydrogen (secondary N) is 2. The Balaban J connectivity index is 1.60. The number of nitrogens with zero attached hydrogens (tertiary/aromatic N) is 2. The molecule has 1 heterocycles. The molecule has 0 aliphatic rings. The fourth-order valence-corrected chi connectivity index (χ4v) is 2.75. The highest BCUT2D eigenvalue weighted by atomic mass is 16.5. The summed E-state index contributed by atoms with van der Waals surface area (Å²) >= 11 is 0. The molecule has 2 N–H and O–H groups in total. The Labute approximate surface area is 154 Å². The van der Waals surface area contributed by atoms with Crippen LogP contribution in [0.2, 0.25) is 0 Å². The third kappa shape index (κ3) is 4.72. The number of ether oxygens (including phenoxy) is 1. The number of hydrogen-bond acceptors (Lipinski definition) is 5. The van der Waals surface area contributed by atoms with Crippen molar-refractivity contribution in [1.82, 2.24) is 9.97 Å². The van der Waals surface area contributed by atoms with E-state index in [9.17, 15) is 0 Å². The summed E-state index contributed by atoms with van der Waals surface area (Å²) in [6.07, 6.45) is 2.65. The van der Waals surface area contributed by atoms with Crippen LogP contribution in [0.3, 0.4) is 0 Å². The molecule has 0 unspecified atom stereocenters. The largest absolute Gasteiger partial charge is 0.497 e. The summed E-state index contributed by atoms with van der Waals surface area (Å²) < 4.78 is 5.26. The van der Waals surface area contributed by atoms with E-state index in [-0.39, 0.29) is 0 Å². The van der Waals surface area contributed by atoms with Gasteiger partial charge in [0, 0.05) is 18.4 Å². The standard InChI is InChI=1S/C21H24N4O/c1-15-7-8-19(16(2)13-15)24-21-23-12-10-20(25-21)22-11-9-17-5-4-6-18(14-17)26-3/h4-8,10,12-14H,9,11H2,1-3H3,(H2,22,23,24,25). The first-order valence-electron chi connectivity index (χ1n) is 8.68. The number of rotatable bonds is 7. The molecule has 0 atom stereocenters. The topological polar surface area (TPSA) is 59.1 Å². The van der Waals surface area contributed by atoms with Gasteiger partial charge in [-0.2, -0.15) is 4.98 Å². The van der Waals surface area contributed by atoms with Crippen molar-refractivity contribution in [2.45, 2.75) is 20.3 Å². The van der Waals surface area contributed by atoms with Gasteiger partial charge in [-0.25, -0.2) is 4.98 Å². The van der Waals surface area contributed by atoms with E-state index in [0.717, 1.165) is 30.2 Å². The molecular weight excluding hydrogens is 324 g/mol. The van der Waals surface area contributed by atoms with Gasteiger partial charge in [-0.1, -0.05) is 29.8 Å². The molecule has 5 nitrogen and oxygen atoms in total. The van der Waals surface area contributed by atoms with E-state index in [1.807, 2.05) is 18.2 Å². The Morgan fingerprint density at radius 3 is 2.73 bits per heavy atom. The van der Waals surface area contributed by atoms with Crippen LogP contribution in [0.1, 0.15) is 16.7 Å². The summed E-state index contributed by atoms with van der Waals surface area (Å²) in [7, 11) is 1.68. The average molecular weight is 348 g/mol. The van der Waals surface area contributed by atoms with Crippen LogP contribution in [0, 0.1) is 13.8 Å². The lowest BCUT2D eigenvalue weighted by Gasteiger charge is -2.11. The molecule has 0 aliphatic heterocycles. The predicted octanol–water partition coefficient (Wildman–Crippen LogP) is 4.50. The lowest BCUT2D eigenvalue weighted by Crippen LogP contribution is -2.08. The molecule has 134 valence electrons. The summed E-state index contributed by atoms with van der Waals surface area (Å²) in [5.74, 6) is 2.27. The zero-order valence-electron chi connectivity index (χ0n) is 15.4. The third-order valence-corrected chi connectivity index (χ3v) is 4.14. The van der Waals surface area contributed by atoms with Crippen molar-refractivity contribution in [1.29, 1.82) is 0 Å². The fraction of sp³-hybridized carbons (Fsp3) is 0.238. The van der Waals surface area contributed by atoms with Gasteiger partial charge in [0.1, 0.15) is 11.6 Å². The van der Waals surface area contributed by atoms with Crippen molar-refractivity contribution in [3.05, 3.63) is 71.4 Å². The zero-order chi connectivity index (χ0) is 18.4. The first-order chi connectivity index (χ1) is 12.6. The zero-order valence-corrected chi connectivity index (χ0v) is 15.4. The highest BCUT2D eigenvalue weighted by Crippen LogP contribution is 2.20. The van der Waals surface area contributed by atoms with Crippen molar-refractivity contribution in [2.24, 2.45) is 0 Å². The van der Waals surface area contributed by atoms with E-state index >= 15 is 0 Å².